The molecule has 6 nitrogen and oxygen atoms in total. The third-order valence-corrected chi connectivity index (χ3v) is 3.67. The molecule has 0 saturated carbocycles. The molecule has 0 spiro atoms. The van der Waals surface area contributed by atoms with E-state index in [9.17, 15) is 0 Å². The number of hydrogen-bond acceptors (Lipinski definition) is 4. The molecule has 0 aromatic heterocycles. The van der Waals surface area contributed by atoms with Crippen LogP contribution in [0.3, 0.4) is 0 Å². The van der Waals surface area contributed by atoms with E-state index in [0.29, 0.717) is 6.54 Å². The van der Waals surface area contributed by atoms with Crippen molar-refractivity contribution >= 4 is 29.9 Å². The van der Waals surface area contributed by atoms with E-state index in [1.165, 1.54) is 0 Å². The molecule has 0 radical (unpaired) electrons. The monoisotopic (exact) mass is 429 g/mol. The number of methoxy groups -OCH3 is 1. The van der Waals surface area contributed by atoms with Crippen LogP contribution in [0.4, 0.5) is 0 Å². The molecule has 0 aromatic rings. The lowest BCUT2D eigenvalue weighted by molar-refractivity contribution is -0.0828. The Hall–Kier alpha value is -0.120. The number of hydrogen-bond donors (Lipinski definition) is 2. The summed E-state index contributed by atoms with van der Waals surface area (Å²) in [6.45, 7) is 9.50. The average Bonchev–Trinajstić information content (AvgIpc) is 2.53. The Balaban J connectivity index is 0.00000441. The van der Waals surface area contributed by atoms with Gasteiger partial charge in [-0.05, 0) is 20.3 Å². The van der Waals surface area contributed by atoms with Gasteiger partial charge in [0.2, 0.25) is 0 Å². The molecule has 0 bridgehead atoms. The Bertz CT molecular complexity index is 298. The van der Waals surface area contributed by atoms with Gasteiger partial charge in [-0.15, -0.1) is 24.0 Å². The molecule has 1 aliphatic rings. The molecule has 0 aliphatic carbocycles. The topological polar surface area (TPSA) is 64.1 Å². The van der Waals surface area contributed by atoms with Crippen molar-refractivity contribution in [1.82, 2.24) is 10.6 Å². The third kappa shape index (κ3) is 8.50. The van der Waals surface area contributed by atoms with Crippen molar-refractivity contribution < 1.29 is 14.2 Å². The zero-order valence-corrected chi connectivity index (χ0v) is 16.5. The maximum atomic E-state index is 5.70. The summed E-state index contributed by atoms with van der Waals surface area (Å²) >= 11 is 0. The molecule has 1 saturated heterocycles. The Morgan fingerprint density at radius 1 is 1.23 bits per heavy atom. The standard InChI is InChI=1S/C15H31N3O3.HI/c1-4-16-14(17-9-6-10-20-5-2)18-13-15(19-3)7-11-21-12-8-15;/h4-13H2,1-3H3,(H2,16,17,18);1H. The fourth-order valence-corrected chi connectivity index (χ4v) is 2.26. The first-order chi connectivity index (χ1) is 10.3. The molecule has 0 aromatic carbocycles. The van der Waals surface area contributed by atoms with Gasteiger partial charge in [-0.1, -0.05) is 0 Å². The van der Waals surface area contributed by atoms with Gasteiger partial charge < -0.3 is 24.8 Å². The predicted molar refractivity (Wildman–Crippen MR) is 100 cm³/mol. The second kappa shape index (κ2) is 13.3. The molecule has 22 heavy (non-hydrogen) atoms. The zero-order valence-electron chi connectivity index (χ0n) is 14.2. The minimum absolute atomic E-state index is 0. The van der Waals surface area contributed by atoms with Crippen molar-refractivity contribution in [2.24, 2.45) is 4.99 Å². The van der Waals surface area contributed by atoms with E-state index in [0.717, 1.165) is 64.7 Å². The quantitative estimate of drug-likeness (QED) is 0.253. The third-order valence-electron chi connectivity index (χ3n) is 3.67. The number of rotatable bonds is 9. The summed E-state index contributed by atoms with van der Waals surface area (Å²) in [5.41, 5.74) is -0.175. The second-order valence-electron chi connectivity index (χ2n) is 5.17. The maximum absolute atomic E-state index is 5.70. The van der Waals surface area contributed by atoms with E-state index in [4.69, 9.17) is 14.2 Å². The molecule has 7 heteroatoms. The van der Waals surface area contributed by atoms with Crippen LogP contribution in [0.5, 0.6) is 0 Å². The van der Waals surface area contributed by atoms with E-state index in [-0.39, 0.29) is 29.6 Å². The molecule has 0 amide bonds. The number of ether oxygens (including phenoxy) is 3. The van der Waals surface area contributed by atoms with Gasteiger partial charge in [-0.2, -0.15) is 0 Å². The summed E-state index contributed by atoms with van der Waals surface area (Å²) in [7, 11) is 1.77. The van der Waals surface area contributed by atoms with E-state index >= 15 is 0 Å². The first-order valence-electron chi connectivity index (χ1n) is 7.99. The number of guanidine groups is 1. The first kappa shape index (κ1) is 21.9. The molecule has 0 atom stereocenters. The molecule has 1 fully saturated rings. The van der Waals surface area contributed by atoms with Gasteiger partial charge in [0.15, 0.2) is 5.96 Å². The van der Waals surface area contributed by atoms with Gasteiger partial charge >= 0.3 is 0 Å². The highest BCUT2D eigenvalue weighted by molar-refractivity contribution is 14.0. The smallest absolute Gasteiger partial charge is 0.191 e. The molecule has 0 unspecified atom stereocenters. The highest BCUT2D eigenvalue weighted by atomic mass is 127. The molecular formula is C15H32IN3O3. The van der Waals surface area contributed by atoms with Crippen LogP contribution in [-0.2, 0) is 14.2 Å². The molecule has 1 aliphatic heterocycles. The Morgan fingerprint density at radius 2 is 1.95 bits per heavy atom. The summed E-state index contributed by atoms with van der Waals surface area (Å²) in [6.07, 6.45) is 2.77. The van der Waals surface area contributed by atoms with E-state index in [2.05, 4.69) is 22.5 Å². The van der Waals surface area contributed by atoms with Crippen molar-refractivity contribution in [1.29, 1.82) is 0 Å². The van der Waals surface area contributed by atoms with E-state index in [1.807, 2.05) is 6.92 Å². The van der Waals surface area contributed by atoms with Crippen LogP contribution in [0.2, 0.25) is 0 Å². The van der Waals surface area contributed by atoms with E-state index < -0.39 is 0 Å². The van der Waals surface area contributed by atoms with Gasteiger partial charge in [0.25, 0.3) is 0 Å². The molecule has 1 rings (SSSR count). The van der Waals surface area contributed by atoms with Gasteiger partial charge in [0.1, 0.15) is 0 Å². The summed E-state index contributed by atoms with van der Waals surface area (Å²) in [4.78, 5) is 4.67. The zero-order chi connectivity index (χ0) is 15.4. The molecule has 1 heterocycles. The summed E-state index contributed by atoms with van der Waals surface area (Å²) in [6, 6.07) is 0. The Labute approximate surface area is 151 Å². The van der Waals surface area contributed by atoms with Crippen LogP contribution >= 0.6 is 24.0 Å². The second-order valence-corrected chi connectivity index (χ2v) is 5.17. The lowest BCUT2D eigenvalue weighted by Gasteiger charge is -2.34. The van der Waals surface area contributed by atoms with Crippen LogP contribution in [0.15, 0.2) is 4.99 Å². The van der Waals surface area contributed by atoms with E-state index in [1.54, 1.807) is 7.11 Å². The van der Waals surface area contributed by atoms with Gasteiger partial charge in [0, 0.05) is 59.5 Å². The Morgan fingerprint density at radius 3 is 2.55 bits per heavy atom. The maximum Gasteiger partial charge on any atom is 0.191 e. The van der Waals surface area contributed by atoms with Gasteiger partial charge in [-0.3, -0.25) is 4.99 Å². The van der Waals surface area contributed by atoms with Crippen LogP contribution in [0, 0.1) is 0 Å². The predicted octanol–water partition coefficient (Wildman–Crippen LogP) is 1.78. The minimum atomic E-state index is -0.175. The number of nitrogens with zero attached hydrogens (tertiary/aromatic N) is 1. The number of halogens is 1. The number of nitrogens with one attached hydrogen (secondary N) is 2. The molecular weight excluding hydrogens is 397 g/mol. The van der Waals surface area contributed by atoms with Crippen molar-refractivity contribution in [3.63, 3.8) is 0 Å². The van der Waals surface area contributed by atoms with Crippen molar-refractivity contribution in [3.05, 3.63) is 0 Å². The molecule has 132 valence electrons. The largest absolute Gasteiger partial charge is 0.382 e. The highest BCUT2D eigenvalue weighted by Gasteiger charge is 2.32. The fraction of sp³-hybridized carbons (Fsp3) is 0.933. The molecule has 2 N–H and O–H groups in total. The Kier molecular flexibility index (Phi) is 13.3. The van der Waals surface area contributed by atoms with Crippen LogP contribution in [0.1, 0.15) is 33.1 Å². The van der Waals surface area contributed by atoms with Crippen molar-refractivity contribution in [3.8, 4) is 0 Å². The van der Waals surface area contributed by atoms with Gasteiger partial charge in [0.05, 0.1) is 12.1 Å². The van der Waals surface area contributed by atoms with Crippen LogP contribution in [-0.4, -0.2) is 64.7 Å². The summed E-state index contributed by atoms with van der Waals surface area (Å²) in [5, 5.41) is 6.60. The summed E-state index contributed by atoms with van der Waals surface area (Å²) in [5.74, 6) is 0.844. The minimum Gasteiger partial charge on any atom is -0.382 e. The normalized spacial score (nSPS) is 17.7. The SMILES string of the molecule is CCNC(=NCC1(OC)CCOCC1)NCCCOCC.I. The van der Waals surface area contributed by atoms with Crippen LogP contribution < -0.4 is 10.6 Å². The van der Waals surface area contributed by atoms with Crippen molar-refractivity contribution in [2.45, 2.75) is 38.7 Å². The first-order valence-corrected chi connectivity index (χ1v) is 7.99. The lowest BCUT2D eigenvalue weighted by atomic mass is 9.94. The lowest BCUT2D eigenvalue weighted by Crippen LogP contribution is -2.44. The summed E-state index contributed by atoms with van der Waals surface area (Å²) < 4.78 is 16.4. The average molecular weight is 429 g/mol. The van der Waals surface area contributed by atoms with Crippen LogP contribution in [0.25, 0.3) is 0 Å². The fourth-order valence-electron chi connectivity index (χ4n) is 2.26. The van der Waals surface area contributed by atoms with Crippen molar-refractivity contribution in [2.75, 3.05) is 53.2 Å². The number of aliphatic imine (C=N–C) groups is 1. The highest BCUT2D eigenvalue weighted by Crippen LogP contribution is 2.24. The van der Waals surface area contributed by atoms with Gasteiger partial charge in [-0.25, -0.2) is 0 Å².